The van der Waals surface area contributed by atoms with Gasteiger partial charge in [0.1, 0.15) is 0 Å². The first-order chi connectivity index (χ1) is 12.3. The minimum Gasteiger partial charge on any atom is -0.381 e. The van der Waals surface area contributed by atoms with Gasteiger partial charge < -0.3 is 19.9 Å². The molecule has 136 valence electrons. The Morgan fingerprint density at radius 3 is 2.60 bits per heavy atom. The maximum Gasteiger partial charge on any atom is 0.317 e. The molecule has 0 spiro atoms. The van der Waals surface area contributed by atoms with E-state index in [4.69, 9.17) is 4.74 Å². The van der Waals surface area contributed by atoms with Gasteiger partial charge in [-0.05, 0) is 38.2 Å². The predicted octanol–water partition coefficient (Wildman–Crippen LogP) is 1.66. The van der Waals surface area contributed by atoms with Crippen molar-refractivity contribution in [1.29, 1.82) is 0 Å². The number of piperidine rings is 1. The number of carbonyl (C=O) groups excluding carboxylic acids is 1. The van der Waals surface area contributed by atoms with E-state index in [1.165, 1.54) is 0 Å². The molecule has 1 atom stereocenters. The van der Waals surface area contributed by atoms with Gasteiger partial charge in [0.25, 0.3) is 0 Å². The zero-order valence-corrected chi connectivity index (χ0v) is 14.6. The van der Waals surface area contributed by atoms with Crippen LogP contribution in [0.15, 0.2) is 18.5 Å². The van der Waals surface area contributed by atoms with Gasteiger partial charge in [0, 0.05) is 56.6 Å². The lowest BCUT2D eigenvalue weighted by Crippen LogP contribution is -2.51. The molecular formula is C18H27N5O2. The van der Waals surface area contributed by atoms with E-state index in [-0.39, 0.29) is 12.1 Å². The normalized spacial score (nSPS) is 24.3. The fourth-order valence-electron chi connectivity index (χ4n) is 3.73. The van der Waals surface area contributed by atoms with Gasteiger partial charge in [0.05, 0.1) is 6.61 Å². The van der Waals surface area contributed by atoms with E-state index in [9.17, 15) is 4.79 Å². The number of urea groups is 1. The monoisotopic (exact) mass is 345 g/mol. The molecule has 1 unspecified atom stereocenters. The van der Waals surface area contributed by atoms with Crippen LogP contribution in [0.25, 0.3) is 0 Å². The molecule has 3 fully saturated rings. The smallest absolute Gasteiger partial charge is 0.317 e. The van der Waals surface area contributed by atoms with Crippen molar-refractivity contribution in [1.82, 2.24) is 20.2 Å². The number of hydrogen-bond acceptors (Lipinski definition) is 5. The van der Waals surface area contributed by atoms with Crippen LogP contribution >= 0.6 is 0 Å². The first-order valence-corrected chi connectivity index (χ1v) is 9.46. The highest BCUT2D eigenvalue weighted by atomic mass is 16.5. The van der Waals surface area contributed by atoms with Crippen molar-refractivity contribution in [3.05, 3.63) is 18.5 Å². The minimum absolute atomic E-state index is 0.115. The van der Waals surface area contributed by atoms with Crippen molar-refractivity contribution in [2.45, 2.75) is 44.2 Å². The Hall–Kier alpha value is -1.89. The Kier molecular flexibility index (Phi) is 5.01. The molecule has 1 saturated carbocycles. The molecule has 4 rings (SSSR count). The summed E-state index contributed by atoms with van der Waals surface area (Å²) in [7, 11) is 0. The number of aromatic nitrogens is 2. The Bertz CT molecular complexity index is 566. The predicted molar refractivity (Wildman–Crippen MR) is 94.5 cm³/mol. The third kappa shape index (κ3) is 4.21. The number of rotatable bonds is 5. The second-order valence-corrected chi connectivity index (χ2v) is 7.37. The van der Waals surface area contributed by atoms with Crippen LogP contribution < -0.4 is 10.2 Å². The Labute approximate surface area is 148 Å². The molecular weight excluding hydrogens is 318 g/mol. The topological polar surface area (TPSA) is 70.6 Å². The van der Waals surface area contributed by atoms with Gasteiger partial charge in [0.2, 0.25) is 5.95 Å². The van der Waals surface area contributed by atoms with E-state index < -0.39 is 0 Å². The second kappa shape index (κ2) is 7.56. The van der Waals surface area contributed by atoms with Crippen LogP contribution in [0, 0.1) is 5.92 Å². The van der Waals surface area contributed by atoms with Crippen molar-refractivity contribution in [2.24, 2.45) is 5.92 Å². The van der Waals surface area contributed by atoms with Crippen molar-refractivity contribution in [2.75, 3.05) is 37.7 Å². The first-order valence-electron chi connectivity index (χ1n) is 9.46. The third-order valence-corrected chi connectivity index (χ3v) is 5.38. The summed E-state index contributed by atoms with van der Waals surface area (Å²) in [5.41, 5.74) is 0. The largest absolute Gasteiger partial charge is 0.381 e. The summed E-state index contributed by atoms with van der Waals surface area (Å²) in [6, 6.07) is 2.63. The molecule has 7 nitrogen and oxygen atoms in total. The van der Waals surface area contributed by atoms with Crippen LogP contribution in [-0.4, -0.2) is 65.8 Å². The molecule has 2 amide bonds. The summed E-state index contributed by atoms with van der Waals surface area (Å²) in [5.74, 6) is 1.29. The number of hydrogen-bond donors (Lipinski definition) is 1. The van der Waals surface area contributed by atoms with Gasteiger partial charge >= 0.3 is 6.03 Å². The van der Waals surface area contributed by atoms with Gasteiger partial charge in [-0.15, -0.1) is 0 Å². The summed E-state index contributed by atoms with van der Waals surface area (Å²) in [6.45, 7) is 4.24. The first kappa shape index (κ1) is 16.6. The zero-order valence-electron chi connectivity index (χ0n) is 14.6. The summed E-state index contributed by atoms with van der Waals surface area (Å²) in [5, 5.41) is 3.26. The van der Waals surface area contributed by atoms with Gasteiger partial charge in [0.15, 0.2) is 0 Å². The molecule has 3 aliphatic rings. The van der Waals surface area contributed by atoms with Crippen LogP contribution in [0.5, 0.6) is 0 Å². The van der Waals surface area contributed by atoms with Crippen molar-refractivity contribution >= 4 is 12.0 Å². The van der Waals surface area contributed by atoms with E-state index in [1.54, 1.807) is 12.4 Å². The minimum atomic E-state index is 0.115. The summed E-state index contributed by atoms with van der Waals surface area (Å²) < 4.78 is 5.47. The number of nitrogens with zero attached hydrogens (tertiary/aromatic N) is 4. The number of amides is 2. The van der Waals surface area contributed by atoms with Gasteiger partial charge in [-0.25, -0.2) is 14.8 Å². The van der Waals surface area contributed by atoms with Gasteiger partial charge in [-0.1, -0.05) is 0 Å². The molecule has 2 aliphatic heterocycles. The van der Waals surface area contributed by atoms with Crippen LogP contribution in [-0.2, 0) is 4.74 Å². The van der Waals surface area contributed by atoms with Crippen molar-refractivity contribution < 1.29 is 9.53 Å². The SMILES string of the molecule is O=C(NC1CCN(c2ncccn2)CC1)N(CC1CCOC1)C1CC1. The lowest BCUT2D eigenvalue weighted by Gasteiger charge is -2.34. The van der Waals surface area contributed by atoms with Gasteiger partial charge in [-0.3, -0.25) is 0 Å². The number of ether oxygens (including phenoxy) is 1. The molecule has 0 bridgehead atoms. The fraction of sp³-hybridized carbons (Fsp3) is 0.722. The van der Waals surface area contributed by atoms with E-state index >= 15 is 0 Å². The molecule has 1 aromatic heterocycles. The highest BCUT2D eigenvalue weighted by Gasteiger charge is 2.35. The van der Waals surface area contributed by atoms with Gasteiger partial charge in [-0.2, -0.15) is 0 Å². The van der Waals surface area contributed by atoms with Crippen LogP contribution in [0.1, 0.15) is 32.1 Å². The Morgan fingerprint density at radius 2 is 1.96 bits per heavy atom. The quantitative estimate of drug-likeness (QED) is 0.879. The Morgan fingerprint density at radius 1 is 1.20 bits per heavy atom. The van der Waals surface area contributed by atoms with Crippen LogP contribution in [0.2, 0.25) is 0 Å². The van der Waals surface area contributed by atoms with E-state index in [2.05, 4.69) is 25.1 Å². The lowest BCUT2D eigenvalue weighted by atomic mass is 10.1. The van der Waals surface area contributed by atoms with E-state index in [1.807, 2.05) is 6.07 Å². The summed E-state index contributed by atoms with van der Waals surface area (Å²) >= 11 is 0. The Balaban J connectivity index is 1.27. The molecule has 0 radical (unpaired) electrons. The number of anilines is 1. The average Bonchev–Trinajstić information content (AvgIpc) is 3.36. The van der Waals surface area contributed by atoms with Crippen LogP contribution in [0.3, 0.4) is 0 Å². The molecule has 7 heteroatoms. The molecule has 0 aromatic carbocycles. The number of carbonyl (C=O) groups is 1. The summed E-state index contributed by atoms with van der Waals surface area (Å²) in [4.78, 5) is 25.6. The van der Waals surface area contributed by atoms with Crippen molar-refractivity contribution in [3.8, 4) is 0 Å². The molecule has 1 N–H and O–H groups in total. The summed E-state index contributed by atoms with van der Waals surface area (Å²) in [6.07, 6.45) is 8.79. The molecule has 1 aliphatic carbocycles. The zero-order chi connectivity index (χ0) is 17.1. The van der Waals surface area contributed by atoms with E-state index in [0.717, 1.165) is 70.9 Å². The molecule has 3 heterocycles. The van der Waals surface area contributed by atoms with Crippen molar-refractivity contribution in [3.63, 3.8) is 0 Å². The molecule has 1 aromatic rings. The second-order valence-electron chi connectivity index (χ2n) is 7.37. The maximum atomic E-state index is 12.8. The maximum absolute atomic E-state index is 12.8. The highest BCUT2D eigenvalue weighted by Crippen LogP contribution is 2.29. The molecule has 2 saturated heterocycles. The highest BCUT2D eigenvalue weighted by molar-refractivity contribution is 5.75. The van der Waals surface area contributed by atoms with E-state index in [0.29, 0.717) is 12.0 Å². The fourth-order valence-corrected chi connectivity index (χ4v) is 3.73. The van der Waals surface area contributed by atoms with Crippen LogP contribution in [0.4, 0.5) is 10.7 Å². The number of nitrogens with one attached hydrogen (secondary N) is 1. The molecule has 25 heavy (non-hydrogen) atoms. The standard InChI is InChI=1S/C18H27N5O2/c24-18(23(16-2-3-16)12-14-6-11-25-13-14)21-15-4-9-22(10-5-15)17-19-7-1-8-20-17/h1,7-8,14-16H,2-6,9-13H2,(H,21,24). The average molecular weight is 345 g/mol. The third-order valence-electron chi connectivity index (χ3n) is 5.38. The lowest BCUT2D eigenvalue weighted by molar-refractivity contribution is 0.159.